The summed E-state index contributed by atoms with van der Waals surface area (Å²) < 4.78 is 0. The maximum Gasteiger partial charge on any atom is 0.221 e. The van der Waals surface area contributed by atoms with Crippen molar-refractivity contribution in [2.75, 3.05) is 18.4 Å². The highest BCUT2D eigenvalue weighted by Gasteiger charge is 2.02. The van der Waals surface area contributed by atoms with Crippen LogP contribution in [0.3, 0.4) is 0 Å². The summed E-state index contributed by atoms with van der Waals surface area (Å²) in [6, 6.07) is 6.17. The lowest BCUT2D eigenvalue weighted by Crippen LogP contribution is -2.25. The van der Waals surface area contributed by atoms with Gasteiger partial charge in [0.2, 0.25) is 5.91 Å². The molecule has 0 saturated carbocycles. The first-order valence-electron chi connectivity index (χ1n) is 6.22. The fraction of sp³-hybridized carbons (Fsp3) is 0.500. The van der Waals surface area contributed by atoms with Gasteiger partial charge >= 0.3 is 0 Å². The van der Waals surface area contributed by atoms with Gasteiger partial charge in [-0.1, -0.05) is 19.1 Å². The van der Waals surface area contributed by atoms with Crippen LogP contribution in [0.4, 0.5) is 5.69 Å². The minimum atomic E-state index is 0.115. The molecule has 0 aliphatic rings. The van der Waals surface area contributed by atoms with Gasteiger partial charge in [-0.05, 0) is 37.5 Å². The lowest BCUT2D eigenvalue weighted by atomic mass is 10.1. The van der Waals surface area contributed by atoms with E-state index >= 15 is 0 Å². The smallest absolute Gasteiger partial charge is 0.221 e. The van der Waals surface area contributed by atoms with Crippen LogP contribution in [0.15, 0.2) is 18.2 Å². The predicted octanol–water partition coefficient (Wildman–Crippen LogP) is 2.63. The monoisotopic (exact) mass is 234 g/mol. The Morgan fingerprint density at radius 2 is 2.00 bits per heavy atom. The second-order valence-electron chi connectivity index (χ2n) is 4.27. The van der Waals surface area contributed by atoms with Crippen molar-refractivity contribution in [2.45, 2.75) is 33.6 Å². The molecular weight excluding hydrogens is 212 g/mol. The van der Waals surface area contributed by atoms with Gasteiger partial charge in [0.25, 0.3) is 0 Å². The number of anilines is 1. The maximum absolute atomic E-state index is 11.4. The molecule has 0 saturated heterocycles. The molecule has 1 aromatic carbocycles. The molecule has 0 spiro atoms. The van der Waals surface area contributed by atoms with Crippen molar-refractivity contribution in [3.05, 3.63) is 29.3 Å². The van der Waals surface area contributed by atoms with Gasteiger partial charge in [0.05, 0.1) is 0 Å². The molecule has 94 valence electrons. The lowest BCUT2D eigenvalue weighted by Gasteiger charge is -2.11. The van der Waals surface area contributed by atoms with Crippen molar-refractivity contribution in [1.29, 1.82) is 0 Å². The zero-order valence-electron chi connectivity index (χ0n) is 11.0. The average molecular weight is 234 g/mol. The standard InChI is InChI=1S/C14H22N2O/c1-4-9-16-14(17)8-10-15-13-7-5-6-11(2)12(13)3/h5-7,15H,4,8-10H2,1-3H3,(H,16,17). The minimum absolute atomic E-state index is 0.115. The van der Waals surface area contributed by atoms with Crippen molar-refractivity contribution < 1.29 is 4.79 Å². The van der Waals surface area contributed by atoms with Crippen LogP contribution in [0.25, 0.3) is 0 Å². The Morgan fingerprint density at radius 1 is 1.24 bits per heavy atom. The number of benzene rings is 1. The van der Waals surface area contributed by atoms with E-state index in [4.69, 9.17) is 0 Å². The number of hydrogen-bond acceptors (Lipinski definition) is 2. The van der Waals surface area contributed by atoms with Gasteiger partial charge in [-0.15, -0.1) is 0 Å². The fourth-order valence-electron chi connectivity index (χ4n) is 1.61. The largest absolute Gasteiger partial charge is 0.384 e. The van der Waals surface area contributed by atoms with E-state index < -0.39 is 0 Å². The summed E-state index contributed by atoms with van der Waals surface area (Å²) in [6.07, 6.45) is 1.50. The summed E-state index contributed by atoms with van der Waals surface area (Å²) in [6.45, 7) is 7.68. The van der Waals surface area contributed by atoms with Gasteiger partial charge in [0.1, 0.15) is 0 Å². The molecule has 0 radical (unpaired) electrons. The van der Waals surface area contributed by atoms with Gasteiger partial charge in [-0.25, -0.2) is 0 Å². The maximum atomic E-state index is 11.4. The molecule has 17 heavy (non-hydrogen) atoms. The Kier molecular flexibility index (Phi) is 5.53. The third-order valence-electron chi connectivity index (χ3n) is 2.84. The van der Waals surface area contributed by atoms with Crippen molar-refractivity contribution in [3.63, 3.8) is 0 Å². The van der Waals surface area contributed by atoms with Crippen molar-refractivity contribution >= 4 is 11.6 Å². The molecule has 2 N–H and O–H groups in total. The van der Waals surface area contributed by atoms with Gasteiger partial charge in [-0.2, -0.15) is 0 Å². The van der Waals surface area contributed by atoms with Crippen molar-refractivity contribution in [3.8, 4) is 0 Å². The second kappa shape index (κ2) is 6.94. The molecule has 3 heteroatoms. The molecule has 1 amide bonds. The van der Waals surface area contributed by atoms with Gasteiger partial charge < -0.3 is 10.6 Å². The molecule has 0 aromatic heterocycles. The summed E-state index contributed by atoms with van der Waals surface area (Å²) in [4.78, 5) is 11.4. The van der Waals surface area contributed by atoms with Crippen LogP contribution >= 0.6 is 0 Å². The third kappa shape index (κ3) is 4.47. The summed E-state index contributed by atoms with van der Waals surface area (Å²) in [5, 5.41) is 6.17. The number of rotatable bonds is 6. The van der Waals surface area contributed by atoms with Crippen LogP contribution in [-0.4, -0.2) is 19.0 Å². The first-order valence-corrected chi connectivity index (χ1v) is 6.22. The number of carbonyl (C=O) groups excluding carboxylic acids is 1. The van der Waals surface area contributed by atoms with Crippen LogP contribution in [0.2, 0.25) is 0 Å². The highest BCUT2D eigenvalue weighted by molar-refractivity contribution is 5.76. The molecule has 0 aliphatic carbocycles. The summed E-state index contributed by atoms with van der Waals surface area (Å²) >= 11 is 0. The minimum Gasteiger partial charge on any atom is -0.384 e. The second-order valence-corrected chi connectivity index (χ2v) is 4.27. The van der Waals surface area contributed by atoms with E-state index in [2.05, 4.69) is 37.5 Å². The predicted molar refractivity (Wildman–Crippen MR) is 72.3 cm³/mol. The molecule has 0 aliphatic heterocycles. The van der Waals surface area contributed by atoms with Crippen molar-refractivity contribution in [2.24, 2.45) is 0 Å². The zero-order chi connectivity index (χ0) is 12.7. The highest BCUT2D eigenvalue weighted by Crippen LogP contribution is 2.17. The SMILES string of the molecule is CCCNC(=O)CCNc1cccc(C)c1C. The van der Waals surface area contributed by atoms with E-state index in [-0.39, 0.29) is 5.91 Å². The molecule has 0 fully saturated rings. The van der Waals surface area contributed by atoms with Crippen LogP contribution in [0.5, 0.6) is 0 Å². The van der Waals surface area contributed by atoms with E-state index in [9.17, 15) is 4.79 Å². The number of nitrogens with one attached hydrogen (secondary N) is 2. The molecule has 0 heterocycles. The Balaban J connectivity index is 2.36. The summed E-state index contributed by atoms with van der Waals surface area (Å²) in [5.74, 6) is 0.115. The lowest BCUT2D eigenvalue weighted by molar-refractivity contribution is -0.120. The van der Waals surface area contributed by atoms with E-state index in [1.54, 1.807) is 0 Å². The Bertz CT molecular complexity index is 374. The topological polar surface area (TPSA) is 41.1 Å². The summed E-state index contributed by atoms with van der Waals surface area (Å²) in [7, 11) is 0. The van der Waals surface area contributed by atoms with Crippen molar-refractivity contribution in [1.82, 2.24) is 5.32 Å². The highest BCUT2D eigenvalue weighted by atomic mass is 16.1. The molecule has 1 rings (SSSR count). The zero-order valence-corrected chi connectivity index (χ0v) is 11.0. The molecule has 0 unspecified atom stereocenters. The van der Waals surface area contributed by atoms with Gasteiger partial charge in [-0.3, -0.25) is 4.79 Å². The Hall–Kier alpha value is -1.51. The van der Waals surface area contributed by atoms with Crippen LogP contribution in [0, 0.1) is 13.8 Å². The normalized spacial score (nSPS) is 10.1. The third-order valence-corrected chi connectivity index (χ3v) is 2.84. The van der Waals surface area contributed by atoms with E-state index in [0.717, 1.165) is 18.7 Å². The molecule has 3 nitrogen and oxygen atoms in total. The van der Waals surface area contributed by atoms with E-state index in [1.165, 1.54) is 11.1 Å². The van der Waals surface area contributed by atoms with E-state index in [0.29, 0.717) is 13.0 Å². The Labute approximate surface area is 104 Å². The fourth-order valence-corrected chi connectivity index (χ4v) is 1.61. The van der Waals surface area contributed by atoms with Gasteiger partial charge in [0.15, 0.2) is 0 Å². The summed E-state index contributed by atoms with van der Waals surface area (Å²) in [5.41, 5.74) is 3.64. The molecule has 0 bridgehead atoms. The Morgan fingerprint density at radius 3 is 2.71 bits per heavy atom. The molecule has 1 aromatic rings. The number of amides is 1. The number of hydrogen-bond donors (Lipinski definition) is 2. The average Bonchev–Trinajstić information content (AvgIpc) is 2.32. The molecule has 0 atom stereocenters. The first kappa shape index (κ1) is 13.6. The van der Waals surface area contributed by atoms with Crippen LogP contribution in [0.1, 0.15) is 30.9 Å². The number of carbonyl (C=O) groups is 1. The van der Waals surface area contributed by atoms with Crippen LogP contribution < -0.4 is 10.6 Å². The molecular formula is C14H22N2O. The first-order chi connectivity index (χ1) is 8.15. The quantitative estimate of drug-likeness (QED) is 0.794. The van der Waals surface area contributed by atoms with E-state index in [1.807, 2.05) is 12.1 Å². The van der Waals surface area contributed by atoms with Gasteiger partial charge in [0, 0.05) is 25.2 Å². The van der Waals surface area contributed by atoms with Crippen LogP contribution in [-0.2, 0) is 4.79 Å². The number of aryl methyl sites for hydroxylation is 1.